The van der Waals surface area contributed by atoms with Crippen LogP contribution in [0.15, 0.2) is 24.3 Å². The smallest absolute Gasteiger partial charge is 0.0352 e. The molecule has 1 aliphatic rings. The summed E-state index contributed by atoms with van der Waals surface area (Å²) in [6.45, 7) is 0. The van der Waals surface area contributed by atoms with Crippen LogP contribution >= 0.6 is 22.6 Å². The molecule has 1 fully saturated rings. The average Bonchev–Trinajstić information content (AvgIpc) is 2.17. The van der Waals surface area contributed by atoms with E-state index in [1.165, 1.54) is 28.5 Å². The summed E-state index contributed by atoms with van der Waals surface area (Å²) in [5.41, 5.74) is 7.19. The molecule has 3 N–H and O–H groups in total. The lowest BCUT2D eigenvalue weighted by molar-refractivity contribution is 0.409. The van der Waals surface area contributed by atoms with Gasteiger partial charge in [-0.25, -0.2) is 0 Å². The fourth-order valence-corrected chi connectivity index (χ4v) is 2.72. The fourth-order valence-electron chi connectivity index (χ4n) is 2.17. The predicted molar refractivity (Wildman–Crippen MR) is 73.0 cm³/mol. The molecule has 1 aromatic carbocycles. The second kappa shape index (κ2) is 5.16. The van der Waals surface area contributed by atoms with Crippen LogP contribution in [0.3, 0.4) is 0 Å². The minimum atomic E-state index is 0.388. The lowest BCUT2D eigenvalue weighted by atomic mass is 9.91. The van der Waals surface area contributed by atoms with E-state index in [0.717, 1.165) is 6.42 Å². The van der Waals surface area contributed by atoms with Gasteiger partial charge in [-0.15, -0.1) is 0 Å². The molecule has 15 heavy (non-hydrogen) atoms. The molecule has 2 rings (SSSR count). The summed E-state index contributed by atoms with van der Waals surface area (Å²) >= 11 is 2.34. The zero-order valence-electron chi connectivity index (χ0n) is 8.75. The van der Waals surface area contributed by atoms with Crippen LogP contribution < -0.4 is 11.1 Å². The Morgan fingerprint density at radius 1 is 1.33 bits per heavy atom. The van der Waals surface area contributed by atoms with E-state index in [-0.39, 0.29) is 0 Å². The summed E-state index contributed by atoms with van der Waals surface area (Å²) in [6, 6.07) is 9.46. The first-order chi connectivity index (χ1) is 7.24. The van der Waals surface area contributed by atoms with Gasteiger partial charge in [0.15, 0.2) is 0 Å². The quantitative estimate of drug-likeness (QED) is 0.823. The van der Waals surface area contributed by atoms with Gasteiger partial charge in [0.2, 0.25) is 0 Å². The normalized spacial score (nSPS) is 26.3. The summed E-state index contributed by atoms with van der Waals surface area (Å²) < 4.78 is 1.28. The highest BCUT2D eigenvalue weighted by Crippen LogP contribution is 2.21. The highest BCUT2D eigenvalue weighted by molar-refractivity contribution is 14.1. The molecule has 1 aliphatic carbocycles. The molecule has 0 spiro atoms. The van der Waals surface area contributed by atoms with Crippen molar-refractivity contribution >= 4 is 28.3 Å². The van der Waals surface area contributed by atoms with Crippen molar-refractivity contribution in [3.8, 4) is 0 Å². The number of rotatable bonds is 2. The third-order valence-corrected chi connectivity index (χ3v) is 3.58. The Kier molecular flexibility index (Phi) is 3.86. The van der Waals surface area contributed by atoms with E-state index in [1.54, 1.807) is 0 Å². The molecular formula is C12H17IN2. The first kappa shape index (κ1) is 11.2. The van der Waals surface area contributed by atoms with Gasteiger partial charge >= 0.3 is 0 Å². The molecule has 0 aliphatic heterocycles. The summed E-state index contributed by atoms with van der Waals surface area (Å²) in [5.74, 6) is 0. The van der Waals surface area contributed by atoms with Crippen LogP contribution in [0, 0.1) is 3.57 Å². The highest BCUT2D eigenvalue weighted by Gasteiger charge is 2.18. The van der Waals surface area contributed by atoms with Crippen molar-refractivity contribution in [2.75, 3.05) is 5.32 Å². The predicted octanol–water partition coefficient (Wildman–Crippen LogP) is 2.97. The molecule has 1 saturated carbocycles. The second-order valence-electron chi connectivity index (χ2n) is 4.28. The third-order valence-electron chi connectivity index (χ3n) is 2.91. The van der Waals surface area contributed by atoms with E-state index in [1.807, 2.05) is 0 Å². The van der Waals surface area contributed by atoms with Crippen molar-refractivity contribution in [1.82, 2.24) is 0 Å². The Morgan fingerprint density at radius 2 is 2.20 bits per heavy atom. The fraction of sp³-hybridized carbons (Fsp3) is 0.500. The molecule has 0 heterocycles. The van der Waals surface area contributed by atoms with Gasteiger partial charge in [-0.3, -0.25) is 0 Å². The van der Waals surface area contributed by atoms with Gasteiger partial charge in [0.05, 0.1) is 0 Å². The maximum absolute atomic E-state index is 5.97. The summed E-state index contributed by atoms with van der Waals surface area (Å²) in [5, 5.41) is 3.57. The van der Waals surface area contributed by atoms with Gasteiger partial charge in [0.1, 0.15) is 0 Å². The van der Waals surface area contributed by atoms with Gasteiger partial charge in [0.25, 0.3) is 0 Å². The first-order valence-corrected chi connectivity index (χ1v) is 6.59. The molecule has 2 atom stereocenters. The molecule has 0 amide bonds. The Hall–Kier alpha value is -0.290. The molecule has 0 aromatic heterocycles. The lowest BCUT2D eigenvalue weighted by Crippen LogP contribution is -2.34. The topological polar surface area (TPSA) is 38.0 Å². The van der Waals surface area contributed by atoms with Gasteiger partial charge in [-0.2, -0.15) is 0 Å². The Bertz CT molecular complexity index is 327. The second-order valence-corrected chi connectivity index (χ2v) is 5.52. The van der Waals surface area contributed by atoms with E-state index in [4.69, 9.17) is 5.73 Å². The number of benzene rings is 1. The molecule has 3 heteroatoms. The van der Waals surface area contributed by atoms with Gasteiger partial charge < -0.3 is 11.1 Å². The first-order valence-electron chi connectivity index (χ1n) is 5.52. The molecule has 2 nitrogen and oxygen atoms in total. The van der Waals surface area contributed by atoms with Gasteiger partial charge in [0, 0.05) is 21.3 Å². The lowest BCUT2D eigenvalue weighted by Gasteiger charge is -2.28. The number of nitrogens with one attached hydrogen (secondary N) is 1. The summed E-state index contributed by atoms with van der Waals surface area (Å²) in [4.78, 5) is 0. The van der Waals surface area contributed by atoms with Crippen LogP contribution in [0.4, 0.5) is 5.69 Å². The molecule has 82 valence electrons. The van der Waals surface area contributed by atoms with Crippen LogP contribution in [0.1, 0.15) is 25.7 Å². The van der Waals surface area contributed by atoms with Crippen molar-refractivity contribution in [2.45, 2.75) is 37.8 Å². The monoisotopic (exact) mass is 316 g/mol. The number of nitrogens with two attached hydrogens (primary N) is 1. The number of anilines is 1. The van der Waals surface area contributed by atoms with Crippen molar-refractivity contribution in [2.24, 2.45) is 5.73 Å². The molecule has 0 radical (unpaired) electrons. The van der Waals surface area contributed by atoms with E-state index in [9.17, 15) is 0 Å². The average molecular weight is 316 g/mol. The standard InChI is InChI=1S/C12H17IN2/c13-9-3-1-5-11(7-9)15-12-6-2-4-10(14)8-12/h1,3,5,7,10,12,15H,2,4,6,8,14H2. The zero-order valence-corrected chi connectivity index (χ0v) is 10.9. The van der Waals surface area contributed by atoms with Crippen LogP contribution in [-0.2, 0) is 0 Å². The van der Waals surface area contributed by atoms with Crippen LogP contribution in [0.2, 0.25) is 0 Å². The Morgan fingerprint density at radius 3 is 2.93 bits per heavy atom. The molecule has 2 unspecified atom stereocenters. The molecular weight excluding hydrogens is 299 g/mol. The van der Waals surface area contributed by atoms with E-state index in [2.05, 4.69) is 52.2 Å². The minimum Gasteiger partial charge on any atom is -0.382 e. The highest BCUT2D eigenvalue weighted by atomic mass is 127. The maximum Gasteiger partial charge on any atom is 0.0352 e. The molecule has 0 bridgehead atoms. The minimum absolute atomic E-state index is 0.388. The third kappa shape index (κ3) is 3.34. The molecule has 1 aromatic rings. The number of hydrogen-bond acceptors (Lipinski definition) is 2. The largest absolute Gasteiger partial charge is 0.382 e. The van der Waals surface area contributed by atoms with Crippen LogP contribution in [0.5, 0.6) is 0 Å². The Labute approximate surface area is 105 Å². The van der Waals surface area contributed by atoms with Crippen LogP contribution in [0.25, 0.3) is 0 Å². The van der Waals surface area contributed by atoms with Crippen molar-refractivity contribution < 1.29 is 0 Å². The van der Waals surface area contributed by atoms with E-state index >= 15 is 0 Å². The maximum atomic E-state index is 5.97. The zero-order chi connectivity index (χ0) is 10.7. The summed E-state index contributed by atoms with van der Waals surface area (Å²) in [6.07, 6.45) is 4.79. The van der Waals surface area contributed by atoms with Crippen molar-refractivity contribution in [3.63, 3.8) is 0 Å². The SMILES string of the molecule is NC1CCCC(Nc2cccc(I)c2)C1. The van der Waals surface area contributed by atoms with Crippen LogP contribution in [-0.4, -0.2) is 12.1 Å². The Balaban J connectivity index is 1.96. The van der Waals surface area contributed by atoms with Crippen molar-refractivity contribution in [1.29, 1.82) is 0 Å². The molecule has 0 saturated heterocycles. The number of hydrogen-bond donors (Lipinski definition) is 2. The van der Waals surface area contributed by atoms with Gasteiger partial charge in [-0.05, 0) is 66.5 Å². The van der Waals surface area contributed by atoms with E-state index in [0.29, 0.717) is 12.1 Å². The van der Waals surface area contributed by atoms with Crippen molar-refractivity contribution in [3.05, 3.63) is 27.8 Å². The van der Waals surface area contributed by atoms with E-state index < -0.39 is 0 Å². The van der Waals surface area contributed by atoms with Gasteiger partial charge in [-0.1, -0.05) is 6.07 Å². The summed E-state index contributed by atoms with van der Waals surface area (Å²) in [7, 11) is 0. The number of halogens is 1.